The number of rotatable bonds is 7. The van der Waals surface area contributed by atoms with Crippen molar-refractivity contribution in [3.8, 4) is 5.69 Å². The molecule has 0 fully saturated rings. The minimum Gasteiger partial charge on any atom is -0.353 e. The molecule has 0 saturated heterocycles. The second-order valence-corrected chi connectivity index (χ2v) is 8.04. The van der Waals surface area contributed by atoms with Crippen molar-refractivity contribution in [3.05, 3.63) is 36.2 Å². The Morgan fingerprint density at radius 3 is 2.50 bits per heavy atom. The van der Waals surface area contributed by atoms with Crippen molar-refractivity contribution < 1.29 is 13.2 Å². The number of nitrogens with zero attached hydrogens (tertiary/aromatic N) is 4. The Kier molecular flexibility index (Phi) is 5.66. The monoisotopic (exact) mass is 351 g/mol. The van der Waals surface area contributed by atoms with Crippen LogP contribution in [0.2, 0.25) is 0 Å². The van der Waals surface area contributed by atoms with Gasteiger partial charge in [-0.2, -0.15) is 4.68 Å². The molecule has 2 aromatic rings. The molecule has 1 atom stereocenters. The zero-order valence-corrected chi connectivity index (χ0v) is 14.7. The molecule has 1 amide bonds. The smallest absolute Gasteiger partial charge is 0.235 e. The van der Waals surface area contributed by atoms with Gasteiger partial charge in [-0.15, -0.1) is 5.10 Å². The highest BCUT2D eigenvalue weighted by Gasteiger charge is 2.23. The molecule has 1 aromatic carbocycles. The topological polar surface area (TPSA) is 107 Å². The number of aromatic nitrogens is 4. The van der Waals surface area contributed by atoms with E-state index >= 15 is 0 Å². The molecule has 8 nitrogen and oxygen atoms in total. The van der Waals surface area contributed by atoms with E-state index in [1.54, 1.807) is 24.3 Å². The number of tetrazole rings is 1. The summed E-state index contributed by atoms with van der Waals surface area (Å²) >= 11 is 0. The van der Waals surface area contributed by atoms with Crippen molar-refractivity contribution in [1.29, 1.82) is 0 Å². The third kappa shape index (κ3) is 4.85. The van der Waals surface area contributed by atoms with Crippen molar-refractivity contribution in [3.63, 3.8) is 0 Å². The Morgan fingerprint density at radius 1 is 1.21 bits per heavy atom. The van der Waals surface area contributed by atoms with Gasteiger partial charge in [0.05, 0.1) is 5.69 Å². The quantitative estimate of drug-likeness (QED) is 0.788. The molecule has 0 bridgehead atoms. The maximum Gasteiger partial charge on any atom is 0.235 e. The molecule has 1 aromatic heterocycles. The average molecular weight is 351 g/mol. The molecule has 0 saturated carbocycles. The summed E-state index contributed by atoms with van der Waals surface area (Å²) in [6, 6.07) is 8.88. The lowest BCUT2D eigenvalue weighted by molar-refractivity contribution is -0.119. The zero-order chi connectivity index (χ0) is 17.7. The van der Waals surface area contributed by atoms with Crippen molar-refractivity contribution in [1.82, 2.24) is 25.5 Å². The minimum atomic E-state index is -3.68. The van der Waals surface area contributed by atoms with E-state index in [0.717, 1.165) is 0 Å². The molecule has 9 heteroatoms. The number of sulfone groups is 1. The third-order valence-electron chi connectivity index (χ3n) is 3.62. The van der Waals surface area contributed by atoms with Crippen LogP contribution in [0.3, 0.4) is 0 Å². The largest absolute Gasteiger partial charge is 0.353 e. The van der Waals surface area contributed by atoms with E-state index < -0.39 is 27.3 Å². The van der Waals surface area contributed by atoms with Gasteiger partial charge in [0.2, 0.25) is 5.91 Å². The van der Waals surface area contributed by atoms with Gasteiger partial charge in [0.25, 0.3) is 0 Å². The van der Waals surface area contributed by atoms with E-state index in [9.17, 15) is 13.2 Å². The van der Waals surface area contributed by atoms with Crippen LogP contribution in [0.1, 0.15) is 26.6 Å². The van der Waals surface area contributed by atoms with Crippen molar-refractivity contribution in [2.45, 2.75) is 32.6 Å². The van der Waals surface area contributed by atoms with Crippen molar-refractivity contribution in [2.24, 2.45) is 5.92 Å². The van der Waals surface area contributed by atoms with Crippen LogP contribution >= 0.6 is 0 Å². The van der Waals surface area contributed by atoms with E-state index in [1.165, 1.54) is 4.68 Å². The van der Waals surface area contributed by atoms with Gasteiger partial charge in [-0.05, 0) is 35.4 Å². The highest BCUT2D eigenvalue weighted by atomic mass is 32.2. The summed E-state index contributed by atoms with van der Waals surface area (Å²) in [7, 11) is -3.68. The minimum absolute atomic E-state index is 0.0951. The van der Waals surface area contributed by atoms with Crippen LogP contribution in [0.25, 0.3) is 5.69 Å². The van der Waals surface area contributed by atoms with Crippen LogP contribution in [0.4, 0.5) is 0 Å². The predicted octanol–water partition coefficient (Wildman–Crippen LogP) is 0.738. The highest BCUT2D eigenvalue weighted by molar-refractivity contribution is 7.91. The van der Waals surface area contributed by atoms with E-state index in [2.05, 4.69) is 20.8 Å². The Labute approximate surface area is 141 Å². The third-order valence-corrected chi connectivity index (χ3v) is 5.02. The Morgan fingerprint density at radius 2 is 1.88 bits per heavy atom. The fourth-order valence-corrected chi connectivity index (χ4v) is 3.13. The number of carbonyl (C=O) groups excluding carboxylic acids is 1. The maximum absolute atomic E-state index is 12.3. The molecular formula is C15H21N5O3S. The normalized spacial score (nSPS) is 13.0. The first-order valence-electron chi connectivity index (χ1n) is 7.61. The SMILES string of the molecule is CC(C)C(C)NC(=O)CS(=O)(=O)Cc1nnnn1-c1ccccc1. The van der Waals surface area contributed by atoms with Gasteiger partial charge in [0.1, 0.15) is 11.5 Å². The lowest BCUT2D eigenvalue weighted by atomic mass is 10.1. The molecule has 0 aliphatic heterocycles. The molecule has 0 radical (unpaired) electrons. The molecule has 2 rings (SSSR count). The Balaban J connectivity index is 2.08. The van der Waals surface area contributed by atoms with Gasteiger partial charge < -0.3 is 5.32 Å². The summed E-state index contributed by atoms with van der Waals surface area (Å²) < 4.78 is 25.9. The van der Waals surface area contributed by atoms with Gasteiger partial charge in [-0.1, -0.05) is 32.0 Å². The number of amides is 1. The predicted molar refractivity (Wildman–Crippen MR) is 89.1 cm³/mol. The molecule has 130 valence electrons. The van der Waals surface area contributed by atoms with Crippen LogP contribution in [0, 0.1) is 5.92 Å². The standard InChI is InChI=1S/C15H21N5O3S/c1-11(2)12(3)16-15(21)10-24(22,23)9-14-17-18-19-20(14)13-7-5-4-6-8-13/h4-8,11-12H,9-10H2,1-3H3,(H,16,21). The summed E-state index contributed by atoms with van der Waals surface area (Å²) in [5.74, 6) is -1.12. The molecule has 24 heavy (non-hydrogen) atoms. The molecule has 0 aliphatic carbocycles. The second-order valence-electron chi connectivity index (χ2n) is 5.97. The number of carbonyl (C=O) groups is 1. The van der Waals surface area contributed by atoms with Crippen LogP contribution in [-0.2, 0) is 20.4 Å². The summed E-state index contributed by atoms with van der Waals surface area (Å²) in [6.07, 6.45) is 0. The zero-order valence-electron chi connectivity index (χ0n) is 13.9. The Bertz CT molecular complexity index is 786. The average Bonchev–Trinajstić information content (AvgIpc) is 2.94. The van der Waals surface area contributed by atoms with Crippen LogP contribution in [0.15, 0.2) is 30.3 Å². The van der Waals surface area contributed by atoms with Gasteiger partial charge in [-0.25, -0.2) is 8.42 Å². The van der Waals surface area contributed by atoms with E-state index in [4.69, 9.17) is 0 Å². The number of nitrogens with one attached hydrogen (secondary N) is 1. The van der Waals surface area contributed by atoms with Crippen LogP contribution < -0.4 is 5.32 Å². The Hall–Kier alpha value is -2.29. The molecular weight excluding hydrogens is 330 g/mol. The number of benzene rings is 1. The summed E-state index contributed by atoms with van der Waals surface area (Å²) in [5.41, 5.74) is 0.658. The van der Waals surface area contributed by atoms with Crippen LogP contribution in [-0.4, -0.2) is 46.3 Å². The van der Waals surface area contributed by atoms with E-state index in [1.807, 2.05) is 26.8 Å². The maximum atomic E-state index is 12.3. The summed E-state index contributed by atoms with van der Waals surface area (Å²) in [5, 5.41) is 13.8. The van der Waals surface area contributed by atoms with Crippen LogP contribution in [0.5, 0.6) is 0 Å². The summed E-state index contributed by atoms with van der Waals surface area (Å²) in [6.45, 7) is 5.74. The fraction of sp³-hybridized carbons (Fsp3) is 0.467. The van der Waals surface area contributed by atoms with Crippen molar-refractivity contribution >= 4 is 15.7 Å². The van der Waals surface area contributed by atoms with Gasteiger partial charge in [-0.3, -0.25) is 4.79 Å². The fourth-order valence-electron chi connectivity index (χ4n) is 1.98. The van der Waals surface area contributed by atoms with Gasteiger partial charge >= 0.3 is 0 Å². The molecule has 0 spiro atoms. The summed E-state index contributed by atoms with van der Waals surface area (Å²) in [4.78, 5) is 11.9. The first-order chi connectivity index (χ1) is 11.3. The van der Waals surface area contributed by atoms with Gasteiger partial charge in [0.15, 0.2) is 15.7 Å². The second kappa shape index (κ2) is 7.52. The van der Waals surface area contributed by atoms with Crippen molar-refractivity contribution in [2.75, 3.05) is 5.75 Å². The molecule has 1 N–H and O–H groups in total. The number of hydrogen-bond acceptors (Lipinski definition) is 6. The van der Waals surface area contributed by atoms with E-state index in [0.29, 0.717) is 5.69 Å². The first kappa shape index (κ1) is 18.1. The number of para-hydroxylation sites is 1. The molecule has 1 unspecified atom stereocenters. The molecule has 1 heterocycles. The molecule has 0 aliphatic rings. The first-order valence-corrected chi connectivity index (χ1v) is 9.43. The highest BCUT2D eigenvalue weighted by Crippen LogP contribution is 2.10. The lowest BCUT2D eigenvalue weighted by Gasteiger charge is -2.17. The number of hydrogen-bond donors (Lipinski definition) is 1. The van der Waals surface area contributed by atoms with Gasteiger partial charge in [0, 0.05) is 6.04 Å². The van der Waals surface area contributed by atoms with E-state index in [-0.39, 0.29) is 17.8 Å². The lowest BCUT2D eigenvalue weighted by Crippen LogP contribution is -2.39.